The highest BCUT2D eigenvalue weighted by molar-refractivity contribution is 6.76. The number of hydrogen-bond donors (Lipinski definition) is 1. The van der Waals surface area contributed by atoms with Crippen LogP contribution in [0.5, 0.6) is 0 Å². The van der Waals surface area contributed by atoms with Crippen molar-refractivity contribution in [3.05, 3.63) is 30.7 Å². The second kappa shape index (κ2) is 8.16. The normalized spacial score (nSPS) is 18.1. The molecule has 3 aromatic rings. The van der Waals surface area contributed by atoms with E-state index in [1.165, 1.54) is 35.2 Å². The summed E-state index contributed by atoms with van der Waals surface area (Å²) in [7, 11) is -1.05. The van der Waals surface area contributed by atoms with E-state index in [4.69, 9.17) is 9.72 Å². The molecule has 1 aliphatic heterocycles. The van der Waals surface area contributed by atoms with E-state index in [1.54, 1.807) is 0 Å². The number of nitrogens with zero attached hydrogens (tertiary/aromatic N) is 3. The van der Waals surface area contributed by atoms with Crippen LogP contribution in [0.15, 0.2) is 30.7 Å². The first-order valence-corrected chi connectivity index (χ1v) is 13.5. The molecule has 0 radical (unpaired) electrons. The Kier molecular flexibility index (Phi) is 6.08. The van der Waals surface area contributed by atoms with E-state index >= 15 is 0 Å². The molecule has 1 saturated heterocycles. The summed E-state index contributed by atoms with van der Waals surface area (Å²) in [6.45, 7) is 10.8. The van der Waals surface area contributed by atoms with Crippen LogP contribution >= 0.6 is 0 Å². The minimum atomic E-state index is -1.05. The largest absolute Gasteiger partial charge is 0.361 e. The molecule has 1 atom stereocenters. The van der Waals surface area contributed by atoms with E-state index in [1.807, 2.05) is 6.20 Å². The molecule has 6 heteroatoms. The standard InChI is InChI=1S/C20H30N4OSi.CH4/c1-26(2,3)12-11-25-15-23-9-7-18-19-16(13-22-20(18)23)6-10-24(19)17-5-4-8-21-14-17;/h6-7,9-10,13,17,21H,4-5,8,11-12,14-15H2,1-3H3;1H4. The van der Waals surface area contributed by atoms with Crippen LogP contribution in [-0.2, 0) is 11.5 Å². The Bertz CT molecular complexity index is 887. The molecule has 1 aliphatic rings. The number of rotatable bonds is 6. The molecule has 5 nitrogen and oxygen atoms in total. The van der Waals surface area contributed by atoms with Crippen molar-refractivity contribution in [2.45, 2.75) is 58.7 Å². The zero-order valence-electron chi connectivity index (χ0n) is 16.2. The molecular formula is C21H34N4OSi. The topological polar surface area (TPSA) is 44.0 Å². The highest BCUT2D eigenvalue weighted by atomic mass is 28.3. The van der Waals surface area contributed by atoms with E-state index in [0.717, 1.165) is 25.3 Å². The predicted octanol–water partition coefficient (Wildman–Crippen LogP) is 4.86. The summed E-state index contributed by atoms with van der Waals surface area (Å²) in [6, 6.07) is 6.11. The fraction of sp³-hybridized carbons (Fsp3) is 0.571. The molecule has 148 valence electrons. The third kappa shape index (κ3) is 4.28. The van der Waals surface area contributed by atoms with Crippen LogP contribution in [-0.4, -0.2) is 41.9 Å². The second-order valence-corrected chi connectivity index (χ2v) is 14.3. The van der Waals surface area contributed by atoms with Gasteiger partial charge in [0.25, 0.3) is 0 Å². The SMILES string of the molecule is C.C[Si](C)(C)CCOCn1ccc2c1ncc1ccn(C3CCCNC3)c12. The Balaban J connectivity index is 0.00000210. The third-order valence-corrected chi connectivity index (χ3v) is 7.06. The minimum Gasteiger partial charge on any atom is -0.361 e. The summed E-state index contributed by atoms with van der Waals surface area (Å²) in [5.74, 6) is 0. The van der Waals surface area contributed by atoms with Crippen molar-refractivity contribution in [3.63, 3.8) is 0 Å². The molecule has 4 rings (SSSR count). The van der Waals surface area contributed by atoms with Gasteiger partial charge in [0.2, 0.25) is 0 Å². The lowest BCUT2D eigenvalue weighted by atomic mass is 10.1. The summed E-state index contributed by atoms with van der Waals surface area (Å²) in [6.07, 6.45) is 8.82. The monoisotopic (exact) mass is 386 g/mol. The van der Waals surface area contributed by atoms with Gasteiger partial charge in [-0.15, -0.1) is 0 Å². The third-order valence-electron chi connectivity index (χ3n) is 5.35. The van der Waals surface area contributed by atoms with Gasteiger partial charge < -0.3 is 19.2 Å². The lowest BCUT2D eigenvalue weighted by Gasteiger charge is -2.25. The maximum absolute atomic E-state index is 5.94. The van der Waals surface area contributed by atoms with Crippen LogP contribution in [0.4, 0.5) is 0 Å². The first-order valence-electron chi connectivity index (χ1n) is 9.76. The Morgan fingerprint density at radius 3 is 2.85 bits per heavy atom. The summed E-state index contributed by atoms with van der Waals surface area (Å²) in [5, 5.41) is 5.98. The summed E-state index contributed by atoms with van der Waals surface area (Å²) in [4.78, 5) is 4.72. The first-order chi connectivity index (χ1) is 12.5. The number of aromatic nitrogens is 3. The van der Waals surface area contributed by atoms with Gasteiger partial charge in [0.15, 0.2) is 0 Å². The van der Waals surface area contributed by atoms with E-state index in [9.17, 15) is 0 Å². The van der Waals surface area contributed by atoms with Crippen LogP contribution in [0.2, 0.25) is 25.7 Å². The summed E-state index contributed by atoms with van der Waals surface area (Å²) in [5.41, 5.74) is 2.33. The molecule has 0 bridgehead atoms. The van der Waals surface area contributed by atoms with Gasteiger partial charge in [0.1, 0.15) is 12.4 Å². The van der Waals surface area contributed by atoms with Gasteiger partial charge in [-0.2, -0.15) is 0 Å². The van der Waals surface area contributed by atoms with Gasteiger partial charge in [-0.3, -0.25) is 0 Å². The lowest BCUT2D eigenvalue weighted by Crippen LogP contribution is -2.31. The van der Waals surface area contributed by atoms with E-state index in [2.05, 4.69) is 58.6 Å². The Morgan fingerprint density at radius 1 is 1.26 bits per heavy atom. The van der Waals surface area contributed by atoms with Gasteiger partial charge in [0, 0.05) is 56.6 Å². The minimum absolute atomic E-state index is 0. The highest BCUT2D eigenvalue weighted by Gasteiger charge is 2.19. The fourth-order valence-electron chi connectivity index (χ4n) is 3.81. The van der Waals surface area contributed by atoms with Gasteiger partial charge in [-0.1, -0.05) is 27.1 Å². The average molecular weight is 387 g/mol. The van der Waals surface area contributed by atoms with Crippen LogP contribution < -0.4 is 5.32 Å². The molecule has 0 aliphatic carbocycles. The van der Waals surface area contributed by atoms with Crippen molar-refractivity contribution in [2.24, 2.45) is 0 Å². The number of hydrogen-bond acceptors (Lipinski definition) is 3. The molecule has 1 fully saturated rings. The molecule has 0 saturated carbocycles. The molecule has 4 heterocycles. The van der Waals surface area contributed by atoms with E-state index in [-0.39, 0.29) is 7.43 Å². The first kappa shape index (κ1) is 20.1. The predicted molar refractivity (Wildman–Crippen MR) is 117 cm³/mol. The van der Waals surface area contributed by atoms with Crippen molar-refractivity contribution in [3.8, 4) is 0 Å². The summed E-state index contributed by atoms with van der Waals surface area (Å²) < 4.78 is 10.5. The van der Waals surface area contributed by atoms with Crippen molar-refractivity contribution in [1.29, 1.82) is 0 Å². The van der Waals surface area contributed by atoms with Crippen LogP contribution in [0.3, 0.4) is 0 Å². The Hall–Kier alpha value is -1.63. The maximum Gasteiger partial charge on any atom is 0.143 e. The Labute approximate surface area is 163 Å². The van der Waals surface area contributed by atoms with Crippen LogP contribution in [0.1, 0.15) is 26.3 Å². The van der Waals surface area contributed by atoms with E-state index in [0.29, 0.717) is 12.8 Å². The number of piperidine rings is 1. The summed E-state index contributed by atoms with van der Waals surface area (Å²) >= 11 is 0. The molecule has 3 aromatic heterocycles. The fourth-order valence-corrected chi connectivity index (χ4v) is 4.56. The van der Waals surface area contributed by atoms with Crippen molar-refractivity contribution in [1.82, 2.24) is 19.4 Å². The van der Waals surface area contributed by atoms with Crippen molar-refractivity contribution in [2.75, 3.05) is 19.7 Å². The van der Waals surface area contributed by atoms with Gasteiger partial charge in [0.05, 0.1) is 5.52 Å². The smallest absolute Gasteiger partial charge is 0.143 e. The Morgan fingerprint density at radius 2 is 2.11 bits per heavy atom. The van der Waals surface area contributed by atoms with Gasteiger partial charge >= 0.3 is 0 Å². The van der Waals surface area contributed by atoms with Gasteiger partial charge in [-0.25, -0.2) is 4.98 Å². The molecule has 1 unspecified atom stereocenters. The molecule has 27 heavy (non-hydrogen) atoms. The van der Waals surface area contributed by atoms with Crippen LogP contribution in [0, 0.1) is 0 Å². The number of fused-ring (bicyclic) bond motifs is 3. The number of nitrogens with one attached hydrogen (secondary N) is 1. The highest BCUT2D eigenvalue weighted by Crippen LogP contribution is 2.30. The zero-order chi connectivity index (χ0) is 18.1. The molecule has 0 amide bonds. The maximum atomic E-state index is 5.94. The van der Waals surface area contributed by atoms with Crippen LogP contribution in [0.25, 0.3) is 21.9 Å². The number of ether oxygens (including phenoxy) is 1. The van der Waals surface area contributed by atoms with Gasteiger partial charge in [-0.05, 0) is 37.6 Å². The number of pyridine rings is 1. The quantitative estimate of drug-likeness (QED) is 0.486. The lowest BCUT2D eigenvalue weighted by molar-refractivity contribution is 0.0899. The van der Waals surface area contributed by atoms with E-state index < -0.39 is 8.07 Å². The molecular weight excluding hydrogens is 352 g/mol. The van der Waals surface area contributed by atoms with Crippen molar-refractivity contribution < 1.29 is 4.74 Å². The zero-order valence-corrected chi connectivity index (χ0v) is 17.2. The molecule has 0 aromatic carbocycles. The molecule has 0 spiro atoms. The second-order valence-electron chi connectivity index (χ2n) is 8.66. The molecule has 1 N–H and O–H groups in total. The average Bonchev–Trinajstić information content (AvgIpc) is 3.22. The van der Waals surface area contributed by atoms with Crippen molar-refractivity contribution >= 4 is 30.0 Å².